The van der Waals surface area contributed by atoms with Crippen molar-refractivity contribution in [3.05, 3.63) is 24.2 Å². The molecule has 0 atom stereocenters. The Morgan fingerprint density at radius 3 is 3.06 bits per heavy atom. The van der Waals surface area contributed by atoms with Crippen molar-refractivity contribution in [3.8, 4) is 0 Å². The van der Waals surface area contributed by atoms with Crippen LogP contribution in [0.2, 0.25) is 0 Å². The van der Waals surface area contributed by atoms with E-state index >= 15 is 0 Å². The molecule has 0 spiro atoms. The van der Waals surface area contributed by atoms with Crippen molar-refractivity contribution in [2.75, 3.05) is 32.8 Å². The summed E-state index contributed by atoms with van der Waals surface area (Å²) < 4.78 is 10.2. The number of rotatable bonds is 4. The summed E-state index contributed by atoms with van der Waals surface area (Å²) in [6, 6.07) is 3.52. The fraction of sp³-hybridized carbons (Fsp3) is 0.455. The molecule has 17 heavy (non-hydrogen) atoms. The summed E-state index contributed by atoms with van der Waals surface area (Å²) >= 11 is 0. The smallest absolute Gasteiger partial charge is 0.254 e. The summed E-state index contributed by atoms with van der Waals surface area (Å²) in [5, 5.41) is 3.80. The lowest BCUT2D eigenvalue weighted by molar-refractivity contribution is -0.123. The van der Waals surface area contributed by atoms with Crippen LogP contribution in [0.5, 0.6) is 0 Å². The van der Waals surface area contributed by atoms with Gasteiger partial charge in [-0.3, -0.25) is 9.69 Å². The van der Waals surface area contributed by atoms with Crippen molar-refractivity contribution in [2.24, 2.45) is 5.10 Å². The van der Waals surface area contributed by atoms with Gasteiger partial charge >= 0.3 is 0 Å². The van der Waals surface area contributed by atoms with Crippen molar-refractivity contribution in [1.29, 1.82) is 0 Å². The van der Waals surface area contributed by atoms with Crippen molar-refractivity contribution < 1.29 is 13.9 Å². The topological polar surface area (TPSA) is 67.1 Å². The number of amides is 1. The number of furan rings is 1. The molecule has 2 rings (SSSR count). The highest BCUT2D eigenvalue weighted by atomic mass is 16.5. The van der Waals surface area contributed by atoms with Crippen molar-refractivity contribution in [2.45, 2.75) is 0 Å². The molecule has 1 aliphatic rings. The van der Waals surface area contributed by atoms with E-state index in [9.17, 15) is 4.79 Å². The standard InChI is InChI=1S/C11H15N3O3/c15-11(9-14-3-6-16-7-4-14)13-12-8-10-2-1-5-17-10/h1-2,5,8H,3-4,6-7,9H2,(H,13,15). The molecule has 0 unspecified atom stereocenters. The zero-order chi connectivity index (χ0) is 11.9. The summed E-state index contributed by atoms with van der Waals surface area (Å²) in [4.78, 5) is 13.5. The molecule has 1 aromatic heterocycles. The minimum absolute atomic E-state index is 0.130. The van der Waals surface area contributed by atoms with Crippen molar-refractivity contribution >= 4 is 12.1 Å². The number of carbonyl (C=O) groups is 1. The van der Waals surface area contributed by atoms with E-state index in [4.69, 9.17) is 9.15 Å². The summed E-state index contributed by atoms with van der Waals surface area (Å²) in [5.74, 6) is 0.478. The first-order valence-electron chi connectivity index (χ1n) is 5.50. The highest BCUT2D eigenvalue weighted by Gasteiger charge is 2.13. The molecule has 1 N–H and O–H groups in total. The molecule has 1 amide bonds. The number of carbonyl (C=O) groups excluding carboxylic acids is 1. The van der Waals surface area contributed by atoms with Gasteiger partial charge in [-0.1, -0.05) is 0 Å². The quantitative estimate of drug-likeness (QED) is 0.594. The Balaban J connectivity index is 1.70. The van der Waals surface area contributed by atoms with E-state index in [0.717, 1.165) is 13.1 Å². The molecule has 6 nitrogen and oxygen atoms in total. The number of morpholine rings is 1. The summed E-state index contributed by atoms with van der Waals surface area (Å²) in [6.45, 7) is 3.29. The maximum Gasteiger partial charge on any atom is 0.254 e. The Labute approximate surface area is 99.2 Å². The predicted molar refractivity (Wildman–Crippen MR) is 61.7 cm³/mol. The van der Waals surface area contributed by atoms with Gasteiger partial charge in [0.15, 0.2) is 0 Å². The predicted octanol–water partition coefficient (Wildman–Crippen LogP) is 0.0619. The van der Waals surface area contributed by atoms with E-state index in [1.165, 1.54) is 6.21 Å². The number of hydrogen-bond donors (Lipinski definition) is 1. The van der Waals surface area contributed by atoms with Crippen molar-refractivity contribution in [1.82, 2.24) is 10.3 Å². The highest BCUT2D eigenvalue weighted by molar-refractivity contribution is 5.81. The first kappa shape index (κ1) is 11.8. The van der Waals surface area contributed by atoms with Crippen LogP contribution in [0.15, 0.2) is 27.9 Å². The Hall–Kier alpha value is -1.66. The monoisotopic (exact) mass is 237 g/mol. The van der Waals surface area contributed by atoms with E-state index < -0.39 is 0 Å². The molecule has 0 saturated carbocycles. The normalized spacial score (nSPS) is 17.4. The lowest BCUT2D eigenvalue weighted by Crippen LogP contribution is -2.42. The second-order valence-corrected chi connectivity index (χ2v) is 3.70. The van der Waals surface area contributed by atoms with E-state index in [2.05, 4.69) is 10.5 Å². The lowest BCUT2D eigenvalue weighted by atomic mass is 10.4. The van der Waals surface area contributed by atoms with Crippen LogP contribution in [0.3, 0.4) is 0 Å². The van der Waals surface area contributed by atoms with Gasteiger partial charge in [0.05, 0.1) is 32.2 Å². The molecule has 1 saturated heterocycles. The van der Waals surface area contributed by atoms with E-state index in [1.807, 2.05) is 4.90 Å². The minimum atomic E-state index is -0.130. The number of hydrazone groups is 1. The van der Waals surface area contributed by atoms with Gasteiger partial charge in [-0.2, -0.15) is 5.10 Å². The molecular weight excluding hydrogens is 222 g/mol. The van der Waals surface area contributed by atoms with Crippen LogP contribution in [0.4, 0.5) is 0 Å². The highest BCUT2D eigenvalue weighted by Crippen LogP contribution is 1.96. The molecule has 92 valence electrons. The third-order valence-electron chi connectivity index (χ3n) is 2.40. The Morgan fingerprint density at radius 2 is 2.35 bits per heavy atom. The number of hydrogen-bond acceptors (Lipinski definition) is 5. The number of ether oxygens (including phenoxy) is 1. The summed E-state index contributed by atoms with van der Waals surface area (Å²) in [5.41, 5.74) is 2.46. The maximum absolute atomic E-state index is 11.5. The van der Waals surface area contributed by atoms with Gasteiger partial charge in [0.2, 0.25) is 0 Å². The van der Waals surface area contributed by atoms with Crippen LogP contribution >= 0.6 is 0 Å². The van der Waals surface area contributed by atoms with E-state index in [0.29, 0.717) is 25.5 Å². The Morgan fingerprint density at radius 1 is 1.53 bits per heavy atom. The van der Waals surface area contributed by atoms with Crippen LogP contribution in [-0.4, -0.2) is 49.9 Å². The summed E-state index contributed by atoms with van der Waals surface area (Å²) in [6.07, 6.45) is 3.02. The minimum Gasteiger partial charge on any atom is -0.463 e. The number of nitrogens with one attached hydrogen (secondary N) is 1. The van der Waals surface area contributed by atoms with Gasteiger partial charge in [0, 0.05) is 13.1 Å². The zero-order valence-electron chi connectivity index (χ0n) is 9.46. The zero-order valence-corrected chi connectivity index (χ0v) is 9.46. The molecule has 1 aromatic rings. The van der Waals surface area contributed by atoms with Crippen molar-refractivity contribution in [3.63, 3.8) is 0 Å². The van der Waals surface area contributed by atoms with E-state index in [-0.39, 0.29) is 5.91 Å². The number of nitrogens with zero attached hydrogens (tertiary/aromatic N) is 2. The molecule has 0 aliphatic carbocycles. The second-order valence-electron chi connectivity index (χ2n) is 3.70. The molecule has 0 aromatic carbocycles. The largest absolute Gasteiger partial charge is 0.463 e. The molecule has 6 heteroatoms. The fourth-order valence-electron chi connectivity index (χ4n) is 1.53. The second kappa shape index (κ2) is 6.17. The van der Waals surface area contributed by atoms with Gasteiger partial charge in [-0.05, 0) is 12.1 Å². The summed E-state index contributed by atoms with van der Waals surface area (Å²) in [7, 11) is 0. The first-order chi connectivity index (χ1) is 8.34. The Bertz CT molecular complexity index is 369. The van der Waals surface area contributed by atoms with Gasteiger partial charge in [0.1, 0.15) is 5.76 Å². The Kier molecular flexibility index (Phi) is 4.29. The lowest BCUT2D eigenvalue weighted by Gasteiger charge is -2.25. The third kappa shape index (κ3) is 4.01. The molecular formula is C11H15N3O3. The molecule has 0 bridgehead atoms. The van der Waals surface area contributed by atoms with Gasteiger partial charge in [0.25, 0.3) is 5.91 Å². The fourth-order valence-corrected chi connectivity index (χ4v) is 1.53. The van der Waals surface area contributed by atoms with Crippen LogP contribution in [0.25, 0.3) is 0 Å². The van der Waals surface area contributed by atoms with Gasteiger partial charge in [-0.25, -0.2) is 5.43 Å². The van der Waals surface area contributed by atoms with Crippen LogP contribution in [0.1, 0.15) is 5.76 Å². The van der Waals surface area contributed by atoms with Gasteiger partial charge in [-0.15, -0.1) is 0 Å². The third-order valence-corrected chi connectivity index (χ3v) is 2.40. The van der Waals surface area contributed by atoms with Gasteiger partial charge < -0.3 is 9.15 Å². The van der Waals surface area contributed by atoms with Crippen LogP contribution < -0.4 is 5.43 Å². The maximum atomic E-state index is 11.5. The SMILES string of the molecule is O=C(CN1CCOCC1)NN=Cc1ccco1. The van der Waals surface area contributed by atoms with Crippen LogP contribution in [-0.2, 0) is 9.53 Å². The average molecular weight is 237 g/mol. The molecule has 1 aliphatic heterocycles. The molecule has 2 heterocycles. The molecule has 0 radical (unpaired) electrons. The van der Waals surface area contributed by atoms with E-state index in [1.54, 1.807) is 18.4 Å². The molecule has 1 fully saturated rings. The van der Waals surface area contributed by atoms with Crippen LogP contribution in [0, 0.1) is 0 Å². The average Bonchev–Trinajstić information content (AvgIpc) is 2.83. The first-order valence-corrected chi connectivity index (χ1v) is 5.50.